The number of ether oxygens (including phenoxy) is 1. The summed E-state index contributed by atoms with van der Waals surface area (Å²) < 4.78 is 10.7. The van der Waals surface area contributed by atoms with E-state index in [9.17, 15) is 0 Å². The first-order valence-electron chi connectivity index (χ1n) is 4.31. The Bertz CT molecular complexity index is 225. The molecule has 68 valence electrons. The summed E-state index contributed by atoms with van der Waals surface area (Å²) in [7, 11) is 0. The maximum atomic E-state index is 5.40. The Morgan fingerprint density at radius 2 is 2.17 bits per heavy atom. The molecule has 0 fully saturated rings. The van der Waals surface area contributed by atoms with Gasteiger partial charge in [-0.15, -0.1) is 0 Å². The molecule has 1 heterocycles. The molecule has 1 rings (SSSR count). The van der Waals surface area contributed by atoms with Crippen LogP contribution in [0.25, 0.3) is 0 Å². The van der Waals surface area contributed by atoms with Crippen molar-refractivity contribution in [3.8, 4) is 0 Å². The van der Waals surface area contributed by atoms with Crippen LogP contribution in [0.15, 0.2) is 16.5 Å². The molecule has 1 aromatic rings. The van der Waals surface area contributed by atoms with E-state index in [1.165, 1.54) is 0 Å². The van der Waals surface area contributed by atoms with Crippen LogP contribution in [0.1, 0.15) is 25.4 Å². The molecular weight excluding hydrogens is 152 g/mol. The number of rotatable bonds is 4. The van der Waals surface area contributed by atoms with Gasteiger partial charge in [0.25, 0.3) is 0 Å². The van der Waals surface area contributed by atoms with E-state index in [2.05, 4.69) is 13.8 Å². The molecule has 1 aromatic heterocycles. The Kier molecular flexibility index (Phi) is 3.35. The molecular formula is C10H16O2. The van der Waals surface area contributed by atoms with Gasteiger partial charge in [0.2, 0.25) is 0 Å². The second kappa shape index (κ2) is 4.31. The minimum absolute atomic E-state index is 0.584. The first kappa shape index (κ1) is 9.33. The van der Waals surface area contributed by atoms with Crippen molar-refractivity contribution in [2.75, 3.05) is 6.61 Å². The third kappa shape index (κ3) is 3.09. The molecule has 0 aliphatic rings. The molecule has 0 aliphatic carbocycles. The largest absolute Gasteiger partial charge is 0.464 e. The van der Waals surface area contributed by atoms with E-state index in [0.717, 1.165) is 18.1 Å². The van der Waals surface area contributed by atoms with Gasteiger partial charge in [0.05, 0.1) is 0 Å². The molecule has 0 aliphatic heterocycles. The van der Waals surface area contributed by atoms with Gasteiger partial charge in [0.15, 0.2) is 0 Å². The van der Waals surface area contributed by atoms with Gasteiger partial charge in [-0.1, -0.05) is 13.8 Å². The Hall–Kier alpha value is -0.760. The van der Waals surface area contributed by atoms with Crippen LogP contribution in [0.5, 0.6) is 0 Å². The minimum atomic E-state index is 0.584. The van der Waals surface area contributed by atoms with Crippen molar-refractivity contribution in [1.29, 1.82) is 0 Å². The van der Waals surface area contributed by atoms with E-state index in [1.807, 2.05) is 19.1 Å². The number of furan rings is 1. The van der Waals surface area contributed by atoms with E-state index in [1.54, 1.807) is 0 Å². The summed E-state index contributed by atoms with van der Waals surface area (Å²) >= 11 is 0. The van der Waals surface area contributed by atoms with E-state index in [-0.39, 0.29) is 0 Å². The van der Waals surface area contributed by atoms with Crippen LogP contribution in [0.4, 0.5) is 0 Å². The molecule has 0 saturated heterocycles. The van der Waals surface area contributed by atoms with Crippen molar-refractivity contribution >= 4 is 0 Å². The van der Waals surface area contributed by atoms with E-state index < -0.39 is 0 Å². The van der Waals surface area contributed by atoms with Gasteiger partial charge in [0.1, 0.15) is 18.1 Å². The molecule has 0 spiro atoms. The van der Waals surface area contributed by atoms with Crippen molar-refractivity contribution in [1.82, 2.24) is 0 Å². The zero-order valence-corrected chi connectivity index (χ0v) is 7.96. The number of hydrogen-bond donors (Lipinski definition) is 0. The molecule has 0 saturated carbocycles. The fourth-order valence-electron chi connectivity index (χ4n) is 0.958. The lowest BCUT2D eigenvalue weighted by molar-refractivity contribution is 0.0841. The molecule has 0 amide bonds. The van der Waals surface area contributed by atoms with Gasteiger partial charge in [0, 0.05) is 6.61 Å². The van der Waals surface area contributed by atoms with Gasteiger partial charge in [-0.3, -0.25) is 0 Å². The quantitative estimate of drug-likeness (QED) is 0.689. The summed E-state index contributed by atoms with van der Waals surface area (Å²) in [5, 5.41) is 0. The Morgan fingerprint density at radius 3 is 2.67 bits per heavy atom. The lowest BCUT2D eigenvalue weighted by Gasteiger charge is -2.03. The van der Waals surface area contributed by atoms with Crippen LogP contribution in [0, 0.1) is 12.8 Å². The van der Waals surface area contributed by atoms with Crippen LogP contribution >= 0.6 is 0 Å². The lowest BCUT2D eigenvalue weighted by atomic mass is 10.2. The standard InChI is InChI=1S/C10H16O2/c1-8(2)6-11-7-10-5-4-9(3)12-10/h4-5,8H,6-7H2,1-3H3. The Balaban J connectivity index is 2.24. The highest BCUT2D eigenvalue weighted by atomic mass is 16.5. The first-order chi connectivity index (χ1) is 5.68. The molecule has 0 bridgehead atoms. The monoisotopic (exact) mass is 168 g/mol. The smallest absolute Gasteiger partial charge is 0.129 e. The second-order valence-electron chi connectivity index (χ2n) is 3.42. The van der Waals surface area contributed by atoms with Crippen LogP contribution in [-0.2, 0) is 11.3 Å². The van der Waals surface area contributed by atoms with E-state index in [4.69, 9.17) is 9.15 Å². The average Bonchev–Trinajstić information content (AvgIpc) is 2.35. The van der Waals surface area contributed by atoms with Crippen LogP contribution in [0.2, 0.25) is 0 Å². The molecule has 0 N–H and O–H groups in total. The van der Waals surface area contributed by atoms with Crippen molar-refractivity contribution < 1.29 is 9.15 Å². The van der Waals surface area contributed by atoms with Crippen LogP contribution < -0.4 is 0 Å². The second-order valence-corrected chi connectivity index (χ2v) is 3.42. The molecule has 2 heteroatoms. The SMILES string of the molecule is Cc1ccc(COCC(C)C)o1. The third-order valence-corrected chi connectivity index (χ3v) is 1.49. The fourth-order valence-corrected chi connectivity index (χ4v) is 0.958. The first-order valence-corrected chi connectivity index (χ1v) is 4.31. The zero-order valence-electron chi connectivity index (χ0n) is 7.96. The van der Waals surface area contributed by atoms with Crippen molar-refractivity contribution in [2.24, 2.45) is 5.92 Å². The maximum Gasteiger partial charge on any atom is 0.129 e. The highest BCUT2D eigenvalue weighted by molar-refractivity contribution is 5.04. The summed E-state index contributed by atoms with van der Waals surface area (Å²) in [5.74, 6) is 2.44. The van der Waals surface area contributed by atoms with Gasteiger partial charge < -0.3 is 9.15 Å². The van der Waals surface area contributed by atoms with Crippen molar-refractivity contribution in [2.45, 2.75) is 27.4 Å². The summed E-state index contributed by atoms with van der Waals surface area (Å²) in [4.78, 5) is 0. The molecule has 0 radical (unpaired) electrons. The predicted octanol–water partition coefficient (Wildman–Crippen LogP) is 2.76. The number of hydrogen-bond acceptors (Lipinski definition) is 2. The normalized spacial score (nSPS) is 11.0. The summed E-state index contributed by atoms with van der Waals surface area (Å²) in [6, 6.07) is 3.91. The van der Waals surface area contributed by atoms with E-state index in [0.29, 0.717) is 12.5 Å². The topological polar surface area (TPSA) is 22.4 Å². The van der Waals surface area contributed by atoms with Gasteiger partial charge in [-0.2, -0.15) is 0 Å². The summed E-state index contributed by atoms with van der Waals surface area (Å²) in [6.07, 6.45) is 0. The van der Waals surface area contributed by atoms with Gasteiger partial charge in [-0.05, 0) is 25.0 Å². The summed E-state index contributed by atoms with van der Waals surface area (Å²) in [6.45, 7) is 7.58. The van der Waals surface area contributed by atoms with Crippen molar-refractivity contribution in [3.63, 3.8) is 0 Å². The zero-order chi connectivity index (χ0) is 8.97. The number of aryl methyl sites for hydroxylation is 1. The molecule has 2 nitrogen and oxygen atoms in total. The molecule has 0 unspecified atom stereocenters. The minimum Gasteiger partial charge on any atom is -0.464 e. The lowest BCUT2D eigenvalue weighted by Crippen LogP contribution is -2.00. The van der Waals surface area contributed by atoms with Crippen LogP contribution in [0.3, 0.4) is 0 Å². The average molecular weight is 168 g/mol. The van der Waals surface area contributed by atoms with Gasteiger partial charge >= 0.3 is 0 Å². The van der Waals surface area contributed by atoms with Crippen LogP contribution in [-0.4, -0.2) is 6.61 Å². The predicted molar refractivity (Wildman–Crippen MR) is 47.9 cm³/mol. The third-order valence-electron chi connectivity index (χ3n) is 1.49. The molecule has 0 atom stereocenters. The fraction of sp³-hybridized carbons (Fsp3) is 0.600. The molecule has 12 heavy (non-hydrogen) atoms. The van der Waals surface area contributed by atoms with Gasteiger partial charge in [-0.25, -0.2) is 0 Å². The summed E-state index contributed by atoms with van der Waals surface area (Å²) in [5.41, 5.74) is 0. The molecule has 0 aromatic carbocycles. The van der Waals surface area contributed by atoms with Crippen molar-refractivity contribution in [3.05, 3.63) is 23.7 Å². The maximum absolute atomic E-state index is 5.40. The highest BCUT2D eigenvalue weighted by Crippen LogP contribution is 2.07. The van der Waals surface area contributed by atoms with E-state index >= 15 is 0 Å². The Labute approximate surface area is 73.5 Å². The highest BCUT2D eigenvalue weighted by Gasteiger charge is 1.99. The Morgan fingerprint density at radius 1 is 1.42 bits per heavy atom.